The van der Waals surface area contributed by atoms with Gasteiger partial charge in [0.05, 0.1) is 7.11 Å². The van der Waals surface area contributed by atoms with Crippen molar-refractivity contribution in [2.45, 2.75) is 0 Å². The lowest BCUT2D eigenvalue weighted by Crippen LogP contribution is -2.21. The Labute approximate surface area is 94.5 Å². The van der Waals surface area contributed by atoms with Crippen molar-refractivity contribution < 1.29 is 9.63 Å². The van der Waals surface area contributed by atoms with Crippen molar-refractivity contribution in [3.05, 3.63) is 27.9 Å². The quantitative estimate of drug-likeness (QED) is 0.836. The summed E-state index contributed by atoms with van der Waals surface area (Å²) >= 11 is 3.04. The van der Waals surface area contributed by atoms with Crippen LogP contribution in [0, 0.1) is 0 Å². The fourth-order valence-corrected chi connectivity index (χ4v) is 2.55. The minimum Gasteiger partial charge on any atom is -0.277 e. The van der Waals surface area contributed by atoms with Gasteiger partial charge in [0.15, 0.2) is 0 Å². The Balaban J connectivity index is 2.21. The molecule has 15 heavy (non-hydrogen) atoms. The average molecular weight is 240 g/mol. The van der Waals surface area contributed by atoms with E-state index in [1.807, 2.05) is 16.8 Å². The van der Waals surface area contributed by atoms with Crippen LogP contribution in [0.4, 0.5) is 0 Å². The maximum atomic E-state index is 11.3. The van der Waals surface area contributed by atoms with Gasteiger partial charge in [-0.05, 0) is 11.4 Å². The molecular formula is C9H8N2O2S2. The number of carbonyl (C=O) groups excluding carboxylic acids is 1. The monoisotopic (exact) mass is 240 g/mol. The van der Waals surface area contributed by atoms with Crippen molar-refractivity contribution in [2.24, 2.45) is 0 Å². The Bertz CT molecular complexity index is 450. The molecule has 0 aliphatic carbocycles. The van der Waals surface area contributed by atoms with Crippen LogP contribution in [0.5, 0.6) is 0 Å². The van der Waals surface area contributed by atoms with Gasteiger partial charge < -0.3 is 0 Å². The molecule has 2 aromatic rings. The van der Waals surface area contributed by atoms with Gasteiger partial charge in [-0.3, -0.25) is 9.63 Å². The summed E-state index contributed by atoms with van der Waals surface area (Å²) in [5.74, 6) is -0.324. The first kappa shape index (κ1) is 10.3. The predicted octanol–water partition coefficient (Wildman–Crippen LogP) is 2.16. The molecular weight excluding hydrogens is 232 g/mol. The highest BCUT2D eigenvalue weighted by atomic mass is 32.1. The van der Waals surface area contributed by atoms with Crippen LogP contribution in [0.2, 0.25) is 0 Å². The molecule has 78 valence electrons. The molecule has 2 heterocycles. The molecule has 1 N–H and O–H groups in total. The number of rotatable bonds is 3. The van der Waals surface area contributed by atoms with Crippen LogP contribution < -0.4 is 5.48 Å². The molecule has 0 atom stereocenters. The van der Waals surface area contributed by atoms with E-state index >= 15 is 0 Å². The van der Waals surface area contributed by atoms with E-state index in [0.717, 1.165) is 10.6 Å². The number of hydroxylamine groups is 1. The summed E-state index contributed by atoms with van der Waals surface area (Å²) in [6, 6.07) is 1.97. The zero-order chi connectivity index (χ0) is 10.7. The highest BCUT2D eigenvalue weighted by molar-refractivity contribution is 7.14. The molecule has 0 aromatic carbocycles. The fourth-order valence-electron chi connectivity index (χ4n) is 1.04. The highest BCUT2D eigenvalue weighted by Gasteiger charge is 2.11. The molecule has 2 aromatic heterocycles. The molecule has 0 fully saturated rings. The SMILES string of the molecule is CONC(=O)c1csc(-c2ccsc2)n1. The van der Waals surface area contributed by atoms with Gasteiger partial charge in [-0.15, -0.1) is 11.3 Å². The number of amides is 1. The second kappa shape index (κ2) is 4.52. The summed E-state index contributed by atoms with van der Waals surface area (Å²) in [5, 5.41) is 6.53. The van der Waals surface area contributed by atoms with Crippen LogP contribution in [0.15, 0.2) is 22.2 Å². The topological polar surface area (TPSA) is 51.2 Å². The number of thiophene rings is 1. The fraction of sp³-hybridized carbons (Fsp3) is 0.111. The van der Waals surface area contributed by atoms with Gasteiger partial charge in [0.25, 0.3) is 5.91 Å². The lowest BCUT2D eigenvalue weighted by Gasteiger charge is -1.96. The molecule has 0 spiro atoms. The molecule has 0 aliphatic rings. The lowest BCUT2D eigenvalue weighted by molar-refractivity contribution is 0.0533. The molecule has 0 bridgehead atoms. The molecule has 4 nitrogen and oxygen atoms in total. The molecule has 0 saturated heterocycles. The Hall–Kier alpha value is -1.24. The molecule has 0 aliphatic heterocycles. The third kappa shape index (κ3) is 2.23. The first-order valence-corrected chi connectivity index (χ1v) is 5.95. The van der Waals surface area contributed by atoms with E-state index in [9.17, 15) is 4.79 Å². The summed E-state index contributed by atoms with van der Waals surface area (Å²) in [7, 11) is 1.39. The third-order valence-electron chi connectivity index (χ3n) is 1.70. The summed E-state index contributed by atoms with van der Waals surface area (Å²) in [4.78, 5) is 20.1. The Morgan fingerprint density at radius 3 is 3.07 bits per heavy atom. The van der Waals surface area contributed by atoms with Gasteiger partial charge in [0, 0.05) is 16.3 Å². The number of thiazole rings is 1. The van der Waals surface area contributed by atoms with Crippen molar-refractivity contribution in [1.82, 2.24) is 10.5 Å². The molecule has 0 unspecified atom stereocenters. The average Bonchev–Trinajstić information content (AvgIpc) is 2.89. The second-order valence-electron chi connectivity index (χ2n) is 2.69. The van der Waals surface area contributed by atoms with Crippen LogP contribution in [0.3, 0.4) is 0 Å². The lowest BCUT2D eigenvalue weighted by atomic mass is 10.3. The van der Waals surface area contributed by atoms with E-state index in [2.05, 4.69) is 15.3 Å². The first-order chi connectivity index (χ1) is 7.31. The van der Waals surface area contributed by atoms with Crippen molar-refractivity contribution in [2.75, 3.05) is 7.11 Å². The van der Waals surface area contributed by atoms with E-state index in [-0.39, 0.29) is 5.91 Å². The first-order valence-electron chi connectivity index (χ1n) is 4.12. The normalized spacial score (nSPS) is 10.2. The van der Waals surface area contributed by atoms with Crippen LogP contribution in [-0.2, 0) is 4.84 Å². The Morgan fingerprint density at radius 1 is 1.53 bits per heavy atom. The van der Waals surface area contributed by atoms with E-state index in [4.69, 9.17) is 0 Å². The van der Waals surface area contributed by atoms with Crippen molar-refractivity contribution >= 4 is 28.6 Å². The van der Waals surface area contributed by atoms with Gasteiger partial charge in [0.1, 0.15) is 10.7 Å². The second-order valence-corrected chi connectivity index (χ2v) is 4.32. The maximum Gasteiger partial charge on any atom is 0.294 e. The molecule has 2 rings (SSSR count). The summed E-state index contributed by atoms with van der Waals surface area (Å²) in [6.07, 6.45) is 0. The zero-order valence-corrected chi connectivity index (χ0v) is 9.52. The third-order valence-corrected chi connectivity index (χ3v) is 3.27. The van der Waals surface area contributed by atoms with Gasteiger partial charge in [-0.2, -0.15) is 11.3 Å². The summed E-state index contributed by atoms with van der Waals surface area (Å²) < 4.78 is 0. The Kier molecular flexibility index (Phi) is 3.10. The van der Waals surface area contributed by atoms with Crippen LogP contribution >= 0.6 is 22.7 Å². The standard InChI is InChI=1S/C9H8N2O2S2/c1-13-11-8(12)7-5-15-9(10-7)6-2-3-14-4-6/h2-5H,1H3,(H,11,12). The minimum absolute atomic E-state index is 0.324. The van der Waals surface area contributed by atoms with Gasteiger partial charge in [-0.1, -0.05) is 0 Å². The number of aromatic nitrogens is 1. The predicted molar refractivity (Wildman–Crippen MR) is 59.9 cm³/mol. The van der Waals surface area contributed by atoms with Crippen LogP contribution in [0.1, 0.15) is 10.5 Å². The van der Waals surface area contributed by atoms with Crippen molar-refractivity contribution in [1.29, 1.82) is 0 Å². The Morgan fingerprint density at radius 2 is 2.40 bits per heavy atom. The molecule has 1 amide bonds. The van der Waals surface area contributed by atoms with Gasteiger partial charge in [-0.25, -0.2) is 10.5 Å². The zero-order valence-electron chi connectivity index (χ0n) is 7.89. The van der Waals surface area contributed by atoms with E-state index in [1.165, 1.54) is 18.4 Å². The highest BCUT2D eigenvalue weighted by Crippen LogP contribution is 2.25. The molecule has 0 radical (unpaired) electrons. The summed E-state index contributed by atoms with van der Waals surface area (Å²) in [5.41, 5.74) is 3.65. The van der Waals surface area contributed by atoms with Crippen LogP contribution in [0.25, 0.3) is 10.6 Å². The van der Waals surface area contributed by atoms with E-state index in [1.54, 1.807) is 16.7 Å². The van der Waals surface area contributed by atoms with Crippen LogP contribution in [-0.4, -0.2) is 18.0 Å². The molecule has 0 saturated carbocycles. The van der Waals surface area contributed by atoms with Crippen molar-refractivity contribution in [3.8, 4) is 10.6 Å². The number of nitrogens with one attached hydrogen (secondary N) is 1. The number of hydrogen-bond acceptors (Lipinski definition) is 5. The maximum absolute atomic E-state index is 11.3. The summed E-state index contributed by atoms with van der Waals surface area (Å²) in [6.45, 7) is 0. The van der Waals surface area contributed by atoms with E-state index in [0.29, 0.717) is 5.69 Å². The van der Waals surface area contributed by atoms with Gasteiger partial charge in [0.2, 0.25) is 0 Å². The van der Waals surface area contributed by atoms with Crippen molar-refractivity contribution in [3.63, 3.8) is 0 Å². The number of hydrogen-bond donors (Lipinski definition) is 1. The van der Waals surface area contributed by atoms with Gasteiger partial charge >= 0.3 is 0 Å². The largest absolute Gasteiger partial charge is 0.294 e. The number of carbonyl (C=O) groups is 1. The molecule has 6 heteroatoms. The smallest absolute Gasteiger partial charge is 0.277 e. The number of nitrogens with zero attached hydrogens (tertiary/aromatic N) is 1. The van der Waals surface area contributed by atoms with E-state index < -0.39 is 0 Å². The minimum atomic E-state index is -0.324.